The normalized spacial score (nSPS) is 15.0. The zero-order chi connectivity index (χ0) is 24.6. The van der Waals surface area contributed by atoms with Crippen LogP contribution < -0.4 is 15.0 Å². The first-order valence-electron chi connectivity index (χ1n) is 12.0. The smallest absolute Gasteiger partial charge is 0.258 e. The number of amides is 2. The fourth-order valence-electron chi connectivity index (χ4n) is 4.21. The topological polar surface area (TPSA) is 67.9 Å². The second-order valence-corrected chi connectivity index (χ2v) is 8.85. The van der Waals surface area contributed by atoms with Gasteiger partial charge in [-0.1, -0.05) is 48.0 Å². The lowest BCUT2D eigenvalue weighted by atomic mass is 10.1. The number of benzene rings is 3. The Morgan fingerprint density at radius 3 is 2.46 bits per heavy atom. The summed E-state index contributed by atoms with van der Waals surface area (Å²) in [5.74, 6) is 0.599. The Bertz CT molecular complexity index is 1140. The van der Waals surface area contributed by atoms with Crippen LogP contribution >= 0.6 is 0 Å². The van der Waals surface area contributed by atoms with E-state index in [4.69, 9.17) is 9.47 Å². The van der Waals surface area contributed by atoms with Gasteiger partial charge in [0.1, 0.15) is 5.75 Å². The monoisotopic (exact) mass is 472 g/mol. The fraction of sp³-hybridized carbons (Fsp3) is 0.310. The Morgan fingerprint density at radius 1 is 1.03 bits per heavy atom. The summed E-state index contributed by atoms with van der Waals surface area (Å²) < 4.78 is 11.1. The van der Waals surface area contributed by atoms with Crippen molar-refractivity contribution >= 4 is 17.5 Å². The average Bonchev–Trinajstić information content (AvgIpc) is 3.41. The zero-order valence-electron chi connectivity index (χ0n) is 20.3. The maximum Gasteiger partial charge on any atom is 0.258 e. The van der Waals surface area contributed by atoms with Crippen molar-refractivity contribution in [2.24, 2.45) is 0 Å². The van der Waals surface area contributed by atoms with Crippen molar-refractivity contribution in [3.63, 3.8) is 0 Å². The predicted molar refractivity (Wildman–Crippen MR) is 137 cm³/mol. The van der Waals surface area contributed by atoms with E-state index < -0.39 is 0 Å². The number of para-hydroxylation sites is 1. The van der Waals surface area contributed by atoms with Crippen molar-refractivity contribution in [1.29, 1.82) is 0 Å². The van der Waals surface area contributed by atoms with E-state index in [2.05, 4.69) is 5.32 Å². The van der Waals surface area contributed by atoms with Crippen LogP contribution in [0.1, 0.15) is 39.9 Å². The van der Waals surface area contributed by atoms with E-state index in [1.165, 1.54) is 0 Å². The molecule has 6 heteroatoms. The molecule has 0 aliphatic carbocycles. The van der Waals surface area contributed by atoms with Crippen molar-refractivity contribution in [1.82, 2.24) is 5.32 Å². The summed E-state index contributed by atoms with van der Waals surface area (Å²) in [7, 11) is 1.63. The number of carbonyl (C=O) groups is 2. The molecule has 6 nitrogen and oxygen atoms in total. The first-order chi connectivity index (χ1) is 17.0. The van der Waals surface area contributed by atoms with Crippen molar-refractivity contribution in [2.75, 3.05) is 25.2 Å². The van der Waals surface area contributed by atoms with Crippen LogP contribution in [-0.4, -0.2) is 38.2 Å². The Kier molecular flexibility index (Phi) is 8.16. The molecular formula is C29H32N2O4. The maximum absolute atomic E-state index is 13.5. The maximum atomic E-state index is 13.5. The van der Waals surface area contributed by atoms with E-state index in [0.717, 1.165) is 47.6 Å². The van der Waals surface area contributed by atoms with Crippen LogP contribution in [0.5, 0.6) is 5.75 Å². The van der Waals surface area contributed by atoms with Gasteiger partial charge in [0.15, 0.2) is 0 Å². The largest absolute Gasteiger partial charge is 0.496 e. The molecule has 2 amide bonds. The molecule has 0 saturated carbocycles. The summed E-state index contributed by atoms with van der Waals surface area (Å²) >= 11 is 0. The van der Waals surface area contributed by atoms with Crippen LogP contribution in [0.15, 0.2) is 72.8 Å². The summed E-state index contributed by atoms with van der Waals surface area (Å²) in [5.41, 5.74) is 4.26. The molecule has 0 bridgehead atoms. The van der Waals surface area contributed by atoms with Crippen molar-refractivity contribution in [2.45, 2.75) is 38.8 Å². The average molecular weight is 473 g/mol. The fourth-order valence-corrected chi connectivity index (χ4v) is 4.21. The first kappa shape index (κ1) is 24.5. The lowest BCUT2D eigenvalue weighted by Crippen LogP contribution is -2.32. The Hall–Kier alpha value is -3.64. The molecule has 0 aromatic heterocycles. The minimum atomic E-state index is -0.0991. The number of methoxy groups -OCH3 is 1. The van der Waals surface area contributed by atoms with Crippen LogP contribution in [0.2, 0.25) is 0 Å². The van der Waals surface area contributed by atoms with Gasteiger partial charge < -0.3 is 19.7 Å². The van der Waals surface area contributed by atoms with Gasteiger partial charge in [-0.05, 0) is 55.7 Å². The molecule has 3 aromatic rings. The Morgan fingerprint density at radius 2 is 1.77 bits per heavy atom. The van der Waals surface area contributed by atoms with Gasteiger partial charge in [-0.3, -0.25) is 9.59 Å². The van der Waals surface area contributed by atoms with Crippen molar-refractivity contribution < 1.29 is 19.1 Å². The number of rotatable bonds is 9. The first-order valence-corrected chi connectivity index (χ1v) is 12.0. The van der Waals surface area contributed by atoms with E-state index in [-0.39, 0.29) is 24.3 Å². The van der Waals surface area contributed by atoms with E-state index in [0.29, 0.717) is 18.7 Å². The number of nitrogens with zero attached hydrogens (tertiary/aromatic N) is 1. The number of nitrogens with one attached hydrogen (secondary N) is 1. The van der Waals surface area contributed by atoms with Crippen LogP contribution in [0, 0.1) is 6.92 Å². The van der Waals surface area contributed by atoms with Crippen molar-refractivity contribution in [3.8, 4) is 5.75 Å². The lowest BCUT2D eigenvalue weighted by molar-refractivity contribution is -0.120. The molecular weight excluding hydrogens is 440 g/mol. The summed E-state index contributed by atoms with van der Waals surface area (Å²) in [4.78, 5) is 27.7. The highest BCUT2D eigenvalue weighted by atomic mass is 16.5. The van der Waals surface area contributed by atoms with Gasteiger partial charge in [0.2, 0.25) is 5.91 Å². The molecule has 0 spiro atoms. The third-order valence-electron chi connectivity index (χ3n) is 6.23. The van der Waals surface area contributed by atoms with Crippen LogP contribution in [-0.2, 0) is 22.5 Å². The summed E-state index contributed by atoms with van der Waals surface area (Å²) in [6.45, 7) is 3.68. The molecule has 182 valence electrons. The second-order valence-electron chi connectivity index (χ2n) is 8.85. The summed E-state index contributed by atoms with van der Waals surface area (Å²) in [6.07, 6.45) is 2.45. The molecule has 1 heterocycles. The van der Waals surface area contributed by atoms with Gasteiger partial charge in [0.25, 0.3) is 5.91 Å². The van der Waals surface area contributed by atoms with Crippen LogP contribution in [0.3, 0.4) is 0 Å². The molecule has 1 unspecified atom stereocenters. The van der Waals surface area contributed by atoms with E-state index in [9.17, 15) is 9.59 Å². The van der Waals surface area contributed by atoms with E-state index >= 15 is 0 Å². The number of ether oxygens (including phenoxy) is 2. The van der Waals surface area contributed by atoms with Gasteiger partial charge in [0.05, 0.1) is 26.2 Å². The van der Waals surface area contributed by atoms with Gasteiger partial charge in [-0.2, -0.15) is 0 Å². The molecule has 1 atom stereocenters. The lowest BCUT2D eigenvalue weighted by Gasteiger charge is -2.24. The number of carbonyl (C=O) groups excluding carboxylic acids is 2. The molecule has 1 aliphatic heterocycles. The third-order valence-corrected chi connectivity index (χ3v) is 6.23. The minimum absolute atomic E-state index is 0.0325. The number of aryl methyl sites for hydroxylation is 1. The SMILES string of the molecule is COc1ccccc1CN(C(=O)c1ccc(C)cc1)c1ccc(CC(=O)NCC2CCCO2)cc1. The zero-order valence-corrected chi connectivity index (χ0v) is 20.3. The number of hydrogen-bond donors (Lipinski definition) is 1. The van der Waals surface area contributed by atoms with Crippen molar-refractivity contribution in [3.05, 3.63) is 95.1 Å². The highest BCUT2D eigenvalue weighted by Crippen LogP contribution is 2.25. The number of hydrogen-bond acceptors (Lipinski definition) is 4. The summed E-state index contributed by atoms with van der Waals surface area (Å²) in [6, 6.07) is 22.9. The second kappa shape index (κ2) is 11.7. The third kappa shape index (κ3) is 6.49. The van der Waals surface area contributed by atoms with Crippen LogP contribution in [0.25, 0.3) is 0 Å². The number of anilines is 1. The van der Waals surface area contributed by atoms with Gasteiger partial charge in [0, 0.05) is 30.0 Å². The molecule has 3 aromatic carbocycles. The summed E-state index contributed by atoms with van der Waals surface area (Å²) in [5, 5.41) is 2.96. The van der Waals surface area contributed by atoms with Gasteiger partial charge in [-0.25, -0.2) is 0 Å². The molecule has 35 heavy (non-hydrogen) atoms. The standard InChI is InChI=1S/C29H32N2O4/c1-21-9-13-23(14-10-21)29(33)31(20-24-6-3-4-8-27(24)34-2)25-15-11-22(12-16-25)18-28(32)30-19-26-7-5-17-35-26/h3-4,6,8-16,26H,5,7,17-20H2,1-2H3,(H,30,32). The van der Waals surface area contributed by atoms with Gasteiger partial charge >= 0.3 is 0 Å². The van der Waals surface area contributed by atoms with E-state index in [1.54, 1.807) is 12.0 Å². The predicted octanol–water partition coefficient (Wildman–Crippen LogP) is 4.69. The highest BCUT2D eigenvalue weighted by Gasteiger charge is 2.20. The van der Waals surface area contributed by atoms with Crippen LogP contribution in [0.4, 0.5) is 5.69 Å². The Labute approximate surface area is 206 Å². The Balaban J connectivity index is 1.51. The molecule has 1 fully saturated rings. The molecule has 0 radical (unpaired) electrons. The molecule has 4 rings (SSSR count). The minimum Gasteiger partial charge on any atom is -0.496 e. The van der Waals surface area contributed by atoms with E-state index in [1.807, 2.05) is 79.7 Å². The molecule has 1 saturated heterocycles. The molecule has 1 N–H and O–H groups in total. The molecule has 1 aliphatic rings. The quantitative estimate of drug-likeness (QED) is 0.491. The highest BCUT2D eigenvalue weighted by molar-refractivity contribution is 6.06. The van der Waals surface area contributed by atoms with Gasteiger partial charge in [-0.15, -0.1) is 0 Å².